The zero-order chi connectivity index (χ0) is 17.8. The van der Waals surface area contributed by atoms with E-state index in [1.54, 1.807) is 12.1 Å². The van der Waals surface area contributed by atoms with E-state index >= 15 is 0 Å². The highest BCUT2D eigenvalue weighted by atomic mass is 32.2. The van der Waals surface area contributed by atoms with Gasteiger partial charge in [0.2, 0.25) is 0 Å². The fourth-order valence-electron chi connectivity index (χ4n) is 1.60. The summed E-state index contributed by atoms with van der Waals surface area (Å²) in [5.74, 6) is 2.42. The number of rotatable bonds is 3. The van der Waals surface area contributed by atoms with E-state index in [4.69, 9.17) is 5.26 Å². The van der Waals surface area contributed by atoms with Gasteiger partial charge in [0.15, 0.2) is 0 Å². The van der Waals surface area contributed by atoms with Crippen molar-refractivity contribution >= 4 is 19.4 Å². The molecule has 0 saturated carbocycles. The molecule has 1 aromatic carbocycles. The highest BCUT2D eigenvalue weighted by molar-refractivity contribution is 7.90. The monoisotopic (exact) mass is 350 g/mol. The van der Waals surface area contributed by atoms with Crippen molar-refractivity contribution in [3.05, 3.63) is 35.1 Å². The van der Waals surface area contributed by atoms with Crippen LogP contribution in [0.3, 0.4) is 0 Å². The molecule has 0 amide bonds. The van der Waals surface area contributed by atoms with E-state index in [0.29, 0.717) is 0 Å². The minimum atomic E-state index is -1.68. The van der Waals surface area contributed by atoms with Crippen LogP contribution in [0.15, 0.2) is 18.2 Å². The van der Waals surface area contributed by atoms with Crippen LogP contribution in [0.25, 0.3) is 0 Å². The van der Waals surface area contributed by atoms with Crippen LogP contribution < -0.4 is 4.72 Å². The van der Waals surface area contributed by atoms with Gasteiger partial charge in [0.05, 0.1) is 5.56 Å². The number of hydrogen-bond donors (Lipinski definition) is 1. The van der Waals surface area contributed by atoms with Crippen molar-refractivity contribution in [3.8, 4) is 17.5 Å². The molecule has 0 aliphatic rings. The van der Waals surface area contributed by atoms with E-state index in [9.17, 15) is 8.94 Å². The molecule has 0 radical (unpaired) electrons. The molecule has 1 N–H and O–H groups in total. The summed E-state index contributed by atoms with van der Waals surface area (Å²) < 4.78 is 29.3. The molecule has 1 unspecified atom stereocenters. The van der Waals surface area contributed by atoms with Gasteiger partial charge in [-0.15, -0.1) is 10.3 Å². The Labute approximate surface area is 142 Å². The summed E-state index contributed by atoms with van der Waals surface area (Å²) in [6.07, 6.45) is 0. The van der Waals surface area contributed by atoms with Crippen molar-refractivity contribution in [1.29, 1.82) is 5.26 Å². The normalized spacial score (nSPS) is 14.4. The predicted molar refractivity (Wildman–Crippen MR) is 96.0 cm³/mol. The first-order chi connectivity index (χ1) is 10.5. The first-order valence-electron chi connectivity index (χ1n) is 7.35. The second-order valence-corrected chi connectivity index (χ2v) is 14.0. The molecule has 0 bridgehead atoms. The molecule has 0 heterocycles. The van der Waals surface area contributed by atoms with Gasteiger partial charge in [-0.25, -0.2) is 4.39 Å². The molecular weight excluding hydrogens is 327 g/mol. The van der Waals surface area contributed by atoms with Gasteiger partial charge in [-0.1, -0.05) is 37.7 Å². The Morgan fingerprint density at radius 1 is 1.30 bits per heavy atom. The van der Waals surface area contributed by atoms with Crippen LogP contribution in [-0.2, 0) is 11.4 Å². The summed E-state index contributed by atoms with van der Waals surface area (Å²) in [6, 6.07) is 5.72. The third-order valence-corrected chi connectivity index (χ3v) is 5.29. The van der Waals surface area contributed by atoms with Crippen molar-refractivity contribution in [2.45, 2.75) is 51.2 Å². The Bertz CT molecular complexity index is 662. The van der Waals surface area contributed by atoms with E-state index in [2.05, 4.69) is 35.8 Å². The standard InChI is InChI=1S/C17H23FN2OSSi/c1-17(2,3)22(21)20-15(10-11-23(4,5)6)14-9-7-8-13(12-19)16(14)18/h7-9,15,20H,1-6H3/t15-,22?/m1/s1. The molecule has 3 nitrogen and oxygen atoms in total. The third kappa shape index (κ3) is 6.00. The second-order valence-electron chi connectivity index (χ2n) is 7.27. The zero-order valence-corrected chi connectivity index (χ0v) is 16.3. The summed E-state index contributed by atoms with van der Waals surface area (Å²) in [5.41, 5.74) is 3.40. The molecule has 0 saturated heterocycles. The number of hydrogen-bond acceptors (Lipinski definition) is 3. The van der Waals surface area contributed by atoms with E-state index in [1.165, 1.54) is 6.07 Å². The molecule has 1 aromatic rings. The Hall–Kier alpha value is -1.31. The van der Waals surface area contributed by atoms with Crippen LogP contribution in [0.1, 0.15) is 37.9 Å². The van der Waals surface area contributed by atoms with Gasteiger partial charge in [-0.2, -0.15) is 5.26 Å². The molecule has 0 aliphatic heterocycles. The maximum Gasteiger partial charge on any atom is 0.146 e. The summed E-state index contributed by atoms with van der Waals surface area (Å²) in [5, 5.41) is 9.00. The lowest BCUT2D eigenvalue weighted by Crippen LogP contribution is -2.41. The number of halogens is 1. The molecule has 124 valence electrons. The minimum Gasteiger partial charge on any atom is -0.598 e. The molecule has 0 fully saturated rings. The van der Waals surface area contributed by atoms with Crippen LogP contribution in [0, 0.1) is 28.6 Å². The highest BCUT2D eigenvalue weighted by Gasteiger charge is 2.30. The van der Waals surface area contributed by atoms with Gasteiger partial charge < -0.3 is 4.55 Å². The van der Waals surface area contributed by atoms with Crippen molar-refractivity contribution in [3.63, 3.8) is 0 Å². The lowest BCUT2D eigenvalue weighted by atomic mass is 10.0. The van der Waals surface area contributed by atoms with E-state index < -0.39 is 36.0 Å². The molecule has 23 heavy (non-hydrogen) atoms. The average Bonchev–Trinajstić information content (AvgIpc) is 2.41. The van der Waals surface area contributed by atoms with Crippen molar-refractivity contribution in [2.75, 3.05) is 0 Å². The van der Waals surface area contributed by atoms with Gasteiger partial charge in [-0.3, -0.25) is 0 Å². The van der Waals surface area contributed by atoms with E-state index in [1.807, 2.05) is 26.8 Å². The first-order valence-corrected chi connectivity index (χ1v) is 12.0. The molecular formula is C17H23FN2OSSi. The molecule has 2 atom stereocenters. The van der Waals surface area contributed by atoms with Crippen LogP contribution in [-0.4, -0.2) is 17.4 Å². The van der Waals surface area contributed by atoms with Gasteiger partial charge in [0, 0.05) is 16.9 Å². The largest absolute Gasteiger partial charge is 0.598 e. The average molecular weight is 351 g/mol. The molecule has 0 spiro atoms. The van der Waals surface area contributed by atoms with Gasteiger partial charge in [0.25, 0.3) is 0 Å². The molecule has 0 aliphatic carbocycles. The second kappa shape index (κ2) is 7.50. The molecule has 1 rings (SSSR count). The number of nitriles is 1. The van der Waals surface area contributed by atoms with Crippen LogP contribution in [0.5, 0.6) is 0 Å². The summed E-state index contributed by atoms with van der Waals surface area (Å²) in [7, 11) is -1.68. The number of nitrogens with one attached hydrogen (secondary N) is 1. The SMILES string of the molecule is CC(C)(C)[S+]([O-])N[C@H](C#C[Si](C)(C)C)c1cccc(C#N)c1F. The fraction of sp³-hybridized carbons (Fsp3) is 0.471. The topological polar surface area (TPSA) is 58.9 Å². The minimum absolute atomic E-state index is 0.0364. The van der Waals surface area contributed by atoms with Crippen molar-refractivity contribution < 1.29 is 8.94 Å². The Balaban J connectivity index is 3.30. The maximum atomic E-state index is 14.5. The van der Waals surface area contributed by atoms with Crippen molar-refractivity contribution in [1.82, 2.24) is 4.72 Å². The number of benzene rings is 1. The van der Waals surface area contributed by atoms with Gasteiger partial charge in [0.1, 0.15) is 30.7 Å². The number of nitrogens with zero attached hydrogens (tertiary/aromatic N) is 1. The van der Waals surface area contributed by atoms with Crippen molar-refractivity contribution in [2.24, 2.45) is 0 Å². The summed E-state index contributed by atoms with van der Waals surface area (Å²) in [6.45, 7) is 11.8. The zero-order valence-electron chi connectivity index (χ0n) is 14.5. The molecule has 6 heteroatoms. The highest BCUT2D eigenvalue weighted by Crippen LogP contribution is 2.23. The predicted octanol–water partition coefficient (Wildman–Crippen LogP) is 3.67. The maximum absolute atomic E-state index is 14.5. The lowest BCUT2D eigenvalue weighted by molar-refractivity contribution is 0.533. The van der Waals surface area contributed by atoms with E-state index in [-0.39, 0.29) is 11.1 Å². The van der Waals surface area contributed by atoms with Gasteiger partial charge in [-0.05, 0) is 26.8 Å². The van der Waals surface area contributed by atoms with Crippen LogP contribution >= 0.6 is 0 Å². The Morgan fingerprint density at radius 2 is 1.91 bits per heavy atom. The quantitative estimate of drug-likeness (QED) is 0.514. The first kappa shape index (κ1) is 19.7. The Kier molecular flexibility index (Phi) is 6.44. The fourth-order valence-corrected chi connectivity index (χ4v) is 2.93. The van der Waals surface area contributed by atoms with E-state index in [0.717, 1.165) is 0 Å². The summed E-state index contributed by atoms with van der Waals surface area (Å²) >= 11 is -1.40. The summed E-state index contributed by atoms with van der Waals surface area (Å²) in [4.78, 5) is 0. The van der Waals surface area contributed by atoms with Crippen LogP contribution in [0.2, 0.25) is 19.6 Å². The van der Waals surface area contributed by atoms with Crippen LogP contribution in [0.4, 0.5) is 4.39 Å². The third-order valence-electron chi connectivity index (χ3n) is 2.83. The lowest BCUT2D eigenvalue weighted by Gasteiger charge is -2.26. The Morgan fingerprint density at radius 3 is 2.39 bits per heavy atom. The smallest absolute Gasteiger partial charge is 0.146 e. The molecule has 0 aromatic heterocycles. The van der Waals surface area contributed by atoms with Gasteiger partial charge >= 0.3 is 0 Å².